The number of esters is 1. The fourth-order valence-corrected chi connectivity index (χ4v) is 2.32. The van der Waals surface area contributed by atoms with Gasteiger partial charge in [-0.05, 0) is 19.1 Å². The van der Waals surface area contributed by atoms with Gasteiger partial charge in [-0.1, -0.05) is 23.7 Å². The molecule has 0 aliphatic heterocycles. The van der Waals surface area contributed by atoms with Gasteiger partial charge in [-0.15, -0.1) is 0 Å². The molecule has 0 saturated heterocycles. The van der Waals surface area contributed by atoms with Crippen molar-refractivity contribution in [1.82, 2.24) is 19.7 Å². The van der Waals surface area contributed by atoms with Crippen LogP contribution >= 0.6 is 11.6 Å². The van der Waals surface area contributed by atoms with Crippen molar-refractivity contribution in [1.29, 1.82) is 0 Å². The molecule has 0 amide bonds. The molecule has 0 N–H and O–H groups in total. The van der Waals surface area contributed by atoms with E-state index in [1.807, 2.05) is 12.1 Å². The molecule has 0 saturated carbocycles. The van der Waals surface area contributed by atoms with Crippen LogP contribution in [0.1, 0.15) is 19.1 Å². The number of hydrogen-bond acceptors (Lipinski definition) is 6. The van der Waals surface area contributed by atoms with Gasteiger partial charge < -0.3 is 9.15 Å². The number of hydrogen-bond donors (Lipinski definition) is 0. The summed E-state index contributed by atoms with van der Waals surface area (Å²) in [5.41, 5.74) is 1.48. The Hall–Kier alpha value is -2.67. The standard InChI is InChI=1S/C16H15ClN4O3/c1-2-23-14(22)8-7-13-15(11-3-5-12(17)6-4-11)20-16(24-13)21-10-18-9-19-21/h3-6,9-10H,2,7-8H2,1H3. The minimum atomic E-state index is -0.279. The highest BCUT2D eigenvalue weighted by Crippen LogP contribution is 2.27. The maximum Gasteiger partial charge on any atom is 0.325 e. The van der Waals surface area contributed by atoms with E-state index in [4.69, 9.17) is 20.8 Å². The molecule has 7 nitrogen and oxygen atoms in total. The van der Waals surface area contributed by atoms with Gasteiger partial charge in [0.1, 0.15) is 24.1 Å². The second-order valence-corrected chi connectivity index (χ2v) is 5.36. The maximum absolute atomic E-state index is 11.6. The average molecular weight is 347 g/mol. The first-order valence-electron chi connectivity index (χ1n) is 7.43. The van der Waals surface area contributed by atoms with E-state index in [2.05, 4.69) is 15.1 Å². The SMILES string of the molecule is CCOC(=O)CCc1oc(-n2cncn2)nc1-c1ccc(Cl)cc1. The van der Waals surface area contributed by atoms with E-state index in [0.29, 0.717) is 29.5 Å². The van der Waals surface area contributed by atoms with E-state index < -0.39 is 0 Å². The quantitative estimate of drug-likeness (QED) is 0.638. The monoisotopic (exact) mass is 346 g/mol. The van der Waals surface area contributed by atoms with E-state index in [-0.39, 0.29) is 18.4 Å². The second kappa shape index (κ2) is 7.27. The highest BCUT2D eigenvalue weighted by Gasteiger charge is 2.18. The van der Waals surface area contributed by atoms with Crippen LogP contribution in [-0.2, 0) is 16.0 Å². The molecule has 0 aliphatic rings. The predicted molar refractivity (Wildman–Crippen MR) is 86.8 cm³/mol. The van der Waals surface area contributed by atoms with Crippen LogP contribution in [0, 0.1) is 0 Å². The highest BCUT2D eigenvalue weighted by atomic mass is 35.5. The predicted octanol–water partition coefficient (Wildman–Crippen LogP) is 3.07. The minimum absolute atomic E-state index is 0.209. The van der Waals surface area contributed by atoms with Gasteiger partial charge in [-0.2, -0.15) is 14.8 Å². The molecule has 1 aromatic carbocycles. The molecule has 0 aliphatic carbocycles. The number of carbonyl (C=O) groups is 1. The molecule has 2 heterocycles. The lowest BCUT2D eigenvalue weighted by Crippen LogP contribution is -2.05. The van der Waals surface area contributed by atoms with E-state index in [0.717, 1.165) is 5.56 Å². The van der Waals surface area contributed by atoms with Gasteiger partial charge in [0.05, 0.1) is 13.0 Å². The van der Waals surface area contributed by atoms with Crippen LogP contribution < -0.4 is 0 Å². The second-order valence-electron chi connectivity index (χ2n) is 4.92. The van der Waals surface area contributed by atoms with E-state index in [1.54, 1.807) is 19.1 Å². The molecule has 0 bridgehead atoms. The summed E-state index contributed by atoms with van der Waals surface area (Å²) < 4.78 is 12.2. The van der Waals surface area contributed by atoms with E-state index in [9.17, 15) is 4.79 Å². The Labute approximate surface area is 143 Å². The molecule has 2 aromatic heterocycles. The van der Waals surface area contributed by atoms with Crippen LogP contribution in [0.2, 0.25) is 5.02 Å². The summed E-state index contributed by atoms with van der Waals surface area (Å²) in [5.74, 6) is 0.300. The summed E-state index contributed by atoms with van der Waals surface area (Å²) in [6.07, 6.45) is 3.47. The van der Waals surface area contributed by atoms with Crippen LogP contribution in [0.15, 0.2) is 41.3 Å². The maximum atomic E-state index is 11.6. The summed E-state index contributed by atoms with van der Waals surface area (Å²) in [6, 6.07) is 7.53. The number of oxazole rings is 1. The van der Waals surface area contributed by atoms with Gasteiger partial charge in [0.25, 0.3) is 0 Å². The van der Waals surface area contributed by atoms with Crippen molar-refractivity contribution in [2.75, 3.05) is 6.61 Å². The van der Waals surface area contributed by atoms with Gasteiger partial charge >= 0.3 is 12.0 Å². The van der Waals surface area contributed by atoms with Crippen molar-refractivity contribution in [2.24, 2.45) is 0 Å². The van der Waals surface area contributed by atoms with Gasteiger partial charge in [0.2, 0.25) is 0 Å². The number of rotatable bonds is 6. The third-order valence-corrected chi connectivity index (χ3v) is 3.53. The van der Waals surface area contributed by atoms with Crippen molar-refractivity contribution >= 4 is 17.6 Å². The van der Waals surface area contributed by atoms with Crippen LogP contribution in [-0.4, -0.2) is 32.3 Å². The zero-order valence-electron chi connectivity index (χ0n) is 13.0. The molecule has 24 heavy (non-hydrogen) atoms. The Bertz CT molecular complexity index is 812. The fraction of sp³-hybridized carbons (Fsp3) is 0.250. The van der Waals surface area contributed by atoms with Crippen molar-refractivity contribution in [3.8, 4) is 17.3 Å². The summed E-state index contributed by atoms with van der Waals surface area (Å²) >= 11 is 5.94. The smallest absolute Gasteiger partial charge is 0.325 e. The minimum Gasteiger partial charge on any atom is -0.466 e. The number of benzene rings is 1. The lowest BCUT2D eigenvalue weighted by molar-refractivity contribution is -0.143. The first kappa shape index (κ1) is 16.2. The molecule has 8 heteroatoms. The van der Waals surface area contributed by atoms with Crippen molar-refractivity contribution < 1.29 is 13.9 Å². The van der Waals surface area contributed by atoms with E-state index in [1.165, 1.54) is 17.3 Å². The summed E-state index contributed by atoms with van der Waals surface area (Å²) in [5, 5.41) is 4.64. The Morgan fingerprint density at radius 2 is 2.12 bits per heavy atom. The number of aryl methyl sites for hydroxylation is 1. The Morgan fingerprint density at radius 3 is 2.79 bits per heavy atom. The van der Waals surface area contributed by atoms with Gasteiger partial charge in [-0.3, -0.25) is 4.79 Å². The third-order valence-electron chi connectivity index (χ3n) is 3.28. The zero-order valence-corrected chi connectivity index (χ0v) is 13.7. The first-order chi connectivity index (χ1) is 11.7. The van der Waals surface area contributed by atoms with Crippen molar-refractivity contribution in [3.05, 3.63) is 47.7 Å². The van der Waals surface area contributed by atoms with Gasteiger partial charge in [0.15, 0.2) is 0 Å². The molecule has 0 fully saturated rings. The molecule has 0 atom stereocenters. The highest BCUT2D eigenvalue weighted by molar-refractivity contribution is 6.30. The van der Waals surface area contributed by atoms with E-state index >= 15 is 0 Å². The van der Waals surface area contributed by atoms with Crippen LogP contribution in [0.4, 0.5) is 0 Å². The average Bonchev–Trinajstić information content (AvgIpc) is 3.23. The topological polar surface area (TPSA) is 83.0 Å². The first-order valence-corrected chi connectivity index (χ1v) is 7.81. The summed E-state index contributed by atoms with van der Waals surface area (Å²) in [4.78, 5) is 20.0. The van der Waals surface area contributed by atoms with Crippen LogP contribution in [0.3, 0.4) is 0 Å². The largest absolute Gasteiger partial charge is 0.466 e. The van der Waals surface area contributed by atoms with Gasteiger partial charge in [-0.25, -0.2) is 4.98 Å². The molecular formula is C16H15ClN4O3. The van der Waals surface area contributed by atoms with Crippen molar-refractivity contribution in [2.45, 2.75) is 19.8 Å². The van der Waals surface area contributed by atoms with Crippen LogP contribution in [0.5, 0.6) is 0 Å². The normalized spacial score (nSPS) is 10.8. The zero-order chi connectivity index (χ0) is 16.9. The number of carbonyl (C=O) groups excluding carboxylic acids is 1. The summed E-state index contributed by atoms with van der Waals surface area (Å²) in [7, 11) is 0. The third kappa shape index (κ3) is 3.62. The Balaban J connectivity index is 1.92. The number of aromatic nitrogens is 4. The molecule has 3 aromatic rings. The molecule has 3 rings (SSSR count). The van der Waals surface area contributed by atoms with Crippen LogP contribution in [0.25, 0.3) is 17.3 Å². The Morgan fingerprint density at radius 1 is 1.33 bits per heavy atom. The number of halogens is 1. The molecule has 0 unspecified atom stereocenters. The molecule has 0 spiro atoms. The van der Waals surface area contributed by atoms with Crippen molar-refractivity contribution in [3.63, 3.8) is 0 Å². The summed E-state index contributed by atoms with van der Waals surface area (Å²) in [6.45, 7) is 2.12. The van der Waals surface area contributed by atoms with Gasteiger partial charge in [0, 0.05) is 17.0 Å². The molecule has 0 radical (unpaired) electrons. The molecular weight excluding hydrogens is 332 g/mol. The fourth-order valence-electron chi connectivity index (χ4n) is 2.20. The molecule has 124 valence electrons. The lowest BCUT2D eigenvalue weighted by atomic mass is 10.1. The Kier molecular flexibility index (Phi) is 4.90. The lowest BCUT2D eigenvalue weighted by Gasteiger charge is -2.02. The number of nitrogens with zero attached hydrogens (tertiary/aromatic N) is 4. The number of ether oxygens (including phenoxy) is 1.